The smallest absolute Gasteiger partial charge is 0.0648 e. The number of hydrogen-bond donors (Lipinski definition) is 1. The molecule has 1 heterocycles. The molecule has 19 heavy (non-hydrogen) atoms. The summed E-state index contributed by atoms with van der Waals surface area (Å²) in [7, 11) is 0. The van der Waals surface area contributed by atoms with E-state index < -0.39 is 0 Å². The van der Waals surface area contributed by atoms with E-state index in [-0.39, 0.29) is 0 Å². The van der Waals surface area contributed by atoms with E-state index in [1.807, 2.05) is 10.9 Å². The summed E-state index contributed by atoms with van der Waals surface area (Å²) in [6, 6.07) is 9.01. The molecule has 0 aliphatic carbocycles. The molecule has 0 bridgehead atoms. The normalized spacial score (nSPS) is 12.6. The third-order valence-electron chi connectivity index (χ3n) is 3.64. The van der Waals surface area contributed by atoms with E-state index in [9.17, 15) is 0 Å². The first kappa shape index (κ1) is 13.8. The Bertz CT molecular complexity index is 525. The summed E-state index contributed by atoms with van der Waals surface area (Å²) in [6.45, 7) is 9.51. The highest BCUT2D eigenvalue weighted by Gasteiger charge is 2.08. The highest BCUT2D eigenvalue weighted by atomic mass is 15.3. The minimum atomic E-state index is 0.544. The number of benzene rings is 1. The molecule has 1 unspecified atom stereocenters. The summed E-state index contributed by atoms with van der Waals surface area (Å²) >= 11 is 0. The Labute approximate surface area is 115 Å². The zero-order valence-electron chi connectivity index (χ0n) is 12.3. The second kappa shape index (κ2) is 6.02. The lowest BCUT2D eigenvalue weighted by atomic mass is 10.2. The third kappa shape index (κ3) is 3.24. The van der Waals surface area contributed by atoms with Crippen molar-refractivity contribution in [1.29, 1.82) is 0 Å². The van der Waals surface area contributed by atoms with Crippen LogP contribution in [0, 0.1) is 13.8 Å². The maximum Gasteiger partial charge on any atom is 0.0648 e. The molecule has 0 aliphatic heterocycles. The van der Waals surface area contributed by atoms with Crippen LogP contribution in [0.2, 0.25) is 0 Å². The molecule has 0 spiro atoms. The molecule has 0 amide bonds. The van der Waals surface area contributed by atoms with E-state index in [0.29, 0.717) is 6.04 Å². The summed E-state index contributed by atoms with van der Waals surface area (Å²) in [6.07, 6.45) is 3.11. The van der Waals surface area contributed by atoms with Crippen LogP contribution in [-0.2, 0) is 6.54 Å². The summed E-state index contributed by atoms with van der Waals surface area (Å²) in [5.41, 5.74) is 4.87. The van der Waals surface area contributed by atoms with E-state index in [2.05, 4.69) is 62.4 Å². The van der Waals surface area contributed by atoms with Crippen LogP contribution in [0.15, 0.2) is 30.5 Å². The number of hydrogen-bond acceptors (Lipinski definition) is 2. The standard InChI is InChI=1S/C16H23N3/c1-5-13(3)17-10-15-11-18-19(14(15)4)16-8-6-12(2)7-9-16/h6-9,11,13,17H,5,10H2,1-4H3. The first-order valence-corrected chi connectivity index (χ1v) is 6.95. The van der Waals surface area contributed by atoms with E-state index in [1.165, 1.54) is 16.8 Å². The maximum absolute atomic E-state index is 4.50. The van der Waals surface area contributed by atoms with E-state index >= 15 is 0 Å². The molecule has 1 N–H and O–H groups in total. The molecular formula is C16H23N3. The molecule has 0 radical (unpaired) electrons. The van der Waals surface area contributed by atoms with Crippen LogP contribution in [0.3, 0.4) is 0 Å². The number of rotatable bonds is 5. The largest absolute Gasteiger partial charge is 0.310 e. The van der Waals surface area contributed by atoms with Crippen molar-refractivity contribution in [1.82, 2.24) is 15.1 Å². The van der Waals surface area contributed by atoms with Gasteiger partial charge >= 0.3 is 0 Å². The van der Waals surface area contributed by atoms with Gasteiger partial charge in [0.15, 0.2) is 0 Å². The van der Waals surface area contributed by atoms with Crippen molar-refractivity contribution >= 4 is 0 Å². The molecule has 1 aromatic carbocycles. The first-order chi connectivity index (χ1) is 9.11. The van der Waals surface area contributed by atoms with Gasteiger partial charge in [0.2, 0.25) is 0 Å². The molecule has 0 saturated carbocycles. The molecule has 3 nitrogen and oxygen atoms in total. The van der Waals surface area contributed by atoms with Crippen molar-refractivity contribution in [3.05, 3.63) is 47.3 Å². The summed E-state index contributed by atoms with van der Waals surface area (Å²) in [4.78, 5) is 0. The fourth-order valence-corrected chi connectivity index (χ4v) is 1.99. The van der Waals surface area contributed by atoms with Crippen LogP contribution in [-0.4, -0.2) is 15.8 Å². The van der Waals surface area contributed by atoms with Crippen molar-refractivity contribution in [2.75, 3.05) is 0 Å². The minimum absolute atomic E-state index is 0.544. The monoisotopic (exact) mass is 257 g/mol. The van der Waals surface area contributed by atoms with Crippen molar-refractivity contribution in [3.63, 3.8) is 0 Å². The fourth-order valence-electron chi connectivity index (χ4n) is 1.99. The van der Waals surface area contributed by atoms with Gasteiger partial charge in [0.25, 0.3) is 0 Å². The van der Waals surface area contributed by atoms with Gasteiger partial charge in [0, 0.05) is 23.8 Å². The van der Waals surface area contributed by atoms with Gasteiger partial charge in [-0.1, -0.05) is 24.6 Å². The van der Waals surface area contributed by atoms with Gasteiger partial charge in [-0.2, -0.15) is 5.10 Å². The summed E-state index contributed by atoms with van der Waals surface area (Å²) in [5, 5.41) is 8.01. The Morgan fingerprint density at radius 1 is 1.21 bits per heavy atom. The number of nitrogens with one attached hydrogen (secondary N) is 1. The van der Waals surface area contributed by atoms with Crippen LogP contribution in [0.1, 0.15) is 37.1 Å². The zero-order valence-corrected chi connectivity index (χ0v) is 12.3. The van der Waals surface area contributed by atoms with Gasteiger partial charge in [0.1, 0.15) is 0 Å². The third-order valence-corrected chi connectivity index (χ3v) is 3.64. The van der Waals surface area contributed by atoms with Crippen LogP contribution >= 0.6 is 0 Å². The minimum Gasteiger partial charge on any atom is -0.310 e. The molecule has 0 aliphatic rings. The molecule has 3 heteroatoms. The van der Waals surface area contributed by atoms with Crippen molar-refractivity contribution < 1.29 is 0 Å². The van der Waals surface area contributed by atoms with E-state index in [4.69, 9.17) is 0 Å². The molecule has 2 rings (SSSR count). The summed E-state index contributed by atoms with van der Waals surface area (Å²) < 4.78 is 2.01. The molecule has 102 valence electrons. The highest BCUT2D eigenvalue weighted by molar-refractivity contribution is 5.36. The van der Waals surface area contributed by atoms with Crippen molar-refractivity contribution in [3.8, 4) is 5.69 Å². The topological polar surface area (TPSA) is 29.9 Å². The van der Waals surface area contributed by atoms with Crippen molar-refractivity contribution in [2.45, 2.75) is 46.7 Å². The lowest BCUT2D eigenvalue weighted by Gasteiger charge is -2.11. The lowest BCUT2D eigenvalue weighted by Crippen LogP contribution is -2.24. The van der Waals surface area contributed by atoms with Crippen LogP contribution in [0.25, 0.3) is 5.69 Å². The Morgan fingerprint density at radius 3 is 2.53 bits per heavy atom. The molecule has 1 atom stereocenters. The van der Waals surface area contributed by atoms with Gasteiger partial charge in [-0.25, -0.2) is 4.68 Å². The van der Waals surface area contributed by atoms with Crippen LogP contribution in [0.5, 0.6) is 0 Å². The molecule has 1 aromatic heterocycles. The quantitative estimate of drug-likeness (QED) is 0.890. The second-order valence-corrected chi connectivity index (χ2v) is 5.19. The number of aromatic nitrogens is 2. The number of nitrogens with zero attached hydrogens (tertiary/aromatic N) is 2. The van der Waals surface area contributed by atoms with Gasteiger partial charge in [-0.15, -0.1) is 0 Å². The average Bonchev–Trinajstić information content (AvgIpc) is 2.78. The second-order valence-electron chi connectivity index (χ2n) is 5.19. The molecule has 0 saturated heterocycles. The predicted octanol–water partition coefficient (Wildman–Crippen LogP) is 3.38. The van der Waals surface area contributed by atoms with Gasteiger partial charge < -0.3 is 5.32 Å². The van der Waals surface area contributed by atoms with Crippen LogP contribution in [0.4, 0.5) is 0 Å². The van der Waals surface area contributed by atoms with Gasteiger partial charge in [0.05, 0.1) is 11.9 Å². The van der Waals surface area contributed by atoms with E-state index in [0.717, 1.165) is 18.7 Å². The van der Waals surface area contributed by atoms with Gasteiger partial charge in [-0.05, 0) is 39.3 Å². The first-order valence-electron chi connectivity index (χ1n) is 6.95. The highest BCUT2D eigenvalue weighted by Crippen LogP contribution is 2.15. The predicted molar refractivity (Wildman–Crippen MR) is 79.6 cm³/mol. The Kier molecular flexibility index (Phi) is 4.38. The summed E-state index contributed by atoms with van der Waals surface area (Å²) in [5.74, 6) is 0. The van der Waals surface area contributed by atoms with Crippen molar-refractivity contribution in [2.24, 2.45) is 0 Å². The molecule has 0 fully saturated rings. The zero-order chi connectivity index (χ0) is 13.8. The maximum atomic E-state index is 4.50. The van der Waals surface area contributed by atoms with Gasteiger partial charge in [-0.3, -0.25) is 0 Å². The molecular weight excluding hydrogens is 234 g/mol. The molecule has 2 aromatic rings. The Balaban J connectivity index is 2.16. The van der Waals surface area contributed by atoms with Crippen LogP contribution < -0.4 is 5.32 Å². The average molecular weight is 257 g/mol. The Morgan fingerprint density at radius 2 is 1.89 bits per heavy atom. The van der Waals surface area contributed by atoms with E-state index in [1.54, 1.807) is 0 Å². The SMILES string of the molecule is CCC(C)NCc1cnn(-c2ccc(C)cc2)c1C. The fraction of sp³-hybridized carbons (Fsp3) is 0.438. The lowest BCUT2D eigenvalue weighted by molar-refractivity contribution is 0.533. The Hall–Kier alpha value is -1.61. The number of aryl methyl sites for hydroxylation is 1.